The number of hydrogen-bond donors (Lipinski definition) is 3. The fourth-order valence-corrected chi connectivity index (χ4v) is 3.00. The lowest BCUT2D eigenvalue weighted by Crippen LogP contribution is -2.14. The largest absolute Gasteiger partial charge is 0.478 e. The van der Waals surface area contributed by atoms with Gasteiger partial charge < -0.3 is 24.5 Å². The van der Waals surface area contributed by atoms with Crippen LogP contribution >= 0.6 is 0 Å². The van der Waals surface area contributed by atoms with Crippen molar-refractivity contribution >= 4 is 40.3 Å². The number of para-hydroxylation sites is 1. The summed E-state index contributed by atoms with van der Waals surface area (Å²) in [7, 11) is 1.05. The van der Waals surface area contributed by atoms with Crippen LogP contribution in [0.25, 0.3) is 16.4 Å². The Balaban J connectivity index is 2.72. The number of carboxylic acid groups (broad SMARTS) is 3. The number of esters is 1. The van der Waals surface area contributed by atoms with Gasteiger partial charge in [0.1, 0.15) is 5.56 Å². The van der Waals surface area contributed by atoms with Crippen LogP contribution < -0.4 is 0 Å². The summed E-state index contributed by atoms with van der Waals surface area (Å²) in [6.45, 7) is 0. The van der Waals surface area contributed by atoms with Gasteiger partial charge in [-0.3, -0.25) is 0 Å². The van der Waals surface area contributed by atoms with E-state index in [1.165, 1.54) is 22.6 Å². The summed E-state index contributed by atoms with van der Waals surface area (Å²) in [5, 5.41) is 28.8. The van der Waals surface area contributed by atoms with Crippen molar-refractivity contribution in [3.8, 4) is 0 Å². The molecule has 0 radical (unpaired) electrons. The van der Waals surface area contributed by atoms with E-state index in [0.717, 1.165) is 13.3 Å². The second-order valence-corrected chi connectivity index (χ2v) is 5.31. The Morgan fingerprint density at radius 3 is 2.00 bits per heavy atom. The molecule has 0 aliphatic carbocycles. The maximum Gasteiger partial charge on any atom is 0.340 e. The lowest BCUT2D eigenvalue weighted by atomic mass is 9.99. The summed E-state index contributed by atoms with van der Waals surface area (Å²) in [6, 6.07) is 6.00. The monoisotopic (exact) mass is 357 g/mol. The van der Waals surface area contributed by atoms with Crippen molar-refractivity contribution < 1.29 is 39.2 Å². The first-order valence-electron chi connectivity index (χ1n) is 7.17. The van der Waals surface area contributed by atoms with Gasteiger partial charge in [-0.1, -0.05) is 18.2 Å². The number of methoxy groups -OCH3 is 1. The van der Waals surface area contributed by atoms with E-state index in [1.54, 1.807) is 6.07 Å². The third kappa shape index (κ3) is 2.25. The highest BCUT2D eigenvalue weighted by atomic mass is 16.5. The maximum atomic E-state index is 12.0. The van der Waals surface area contributed by atoms with Crippen LogP contribution in [0.3, 0.4) is 0 Å². The maximum absolute atomic E-state index is 12.0. The predicted molar refractivity (Wildman–Crippen MR) is 87.1 cm³/mol. The summed E-state index contributed by atoms with van der Waals surface area (Å²) in [6.07, 6.45) is 1.13. The minimum absolute atomic E-state index is 0.0910. The highest BCUT2D eigenvalue weighted by Gasteiger charge is 2.32. The van der Waals surface area contributed by atoms with Crippen LogP contribution in [-0.4, -0.2) is 50.7 Å². The first-order chi connectivity index (χ1) is 12.3. The van der Waals surface area contributed by atoms with E-state index in [1.807, 2.05) is 0 Å². The zero-order valence-electron chi connectivity index (χ0n) is 13.2. The molecule has 1 aromatic carbocycles. The van der Waals surface area contributed by atoms with Crippen LogP contribution in [0, 0.1) is 0 Å². The quantitative estimate of drug-likeness (QED) is 0.602. The van der Waals surface area contributed by atoms with Crippen LogP contribution in [0.2, 0.25) is 0 Å². The topological polar surface area (TPSA) is 143 Å². The number of hydrogen-bond acceptors (Lipinski definition) is 5. The van der Waals surface area contributed by atoms with E-state index in [4.69, 9.17) is 0 Å². The van der Waals surface area contributed by atoms with Gasteiger partial charge in [0, 0.05) is 11.6 Å². The summed E-state index contributed by atoms with van der Waals surface area (Å²) in [5.41, 5.74) is -2.46. The third-order valence-electron chi connectivity index (χ3n) is 3.97. The molecule has 0 saturated carbocycles. The Hall–Kier alpha value is -3.88. The van der Waals surface area contributed by atoms with E-state index in [-0.39, 0.29) is 16.5 Å². The van der Waals surface area contributed by atoms with Gasteiger partial charge in [-0.2, -0.15) is 0 Å². The number of aromatic nitrogens is 1. The van der Waals surface area contributed by atoms with Crippen LogP contribution in [-0.2, 0) is 4.74 Å². The molecule has 0 bridgehead atoms. The molecule has 132 valence electrons. The zero-order chi connectivity index (χ0) is 19.2. The van der Waals surface area contributed by atoms with Crippen LogP contribution in [0.4, 0.5) is 0 Å². The fraction of sp³-hybridized carbons (Fsp3) is 0.0588. The standard InChI is InChI=1S/C17H11NO8/c1-26-17(25)8-6-18-9-5-3-2-4-7(9)10(14(19)20)12(16(23)24)13(18)11(8)15(21)22/h2-6H,1H3,(H,19,20)(H,21,22)(H,23,24). The summed E-state index contributed by atoms with van der Waals surface area (Å²) < 4.78 is 5.75. The van der Waals surface area contributed by atoms with Crippen molar-refractivity contribution in [1.29, 1.82) is 0 Å². The molecule has 0 spiro atoms. The number of nitrogens with zero attached hydrogens (tertiary/aromatic N) is 1. The van der Waals surface area contributed by atoms with E-state index < -0.39 is 46.1 Å². The average molecular weight is 357 g/mol. The Morgan fingerprint density at radius 2 is 1.46 bits per heavy atom. The Labute approximate surface area is 144 Å². The van der Waals surface area contributed by atoms with Crippen molar-refractivity contribution in [2.45, 2.75) is 0 Å². The SMILES string of the molecule is COC(=O)c1cn2c(c1C(=O)O)c(C(=O)O)c(C(=O)O)c1ccccc12. The molecule has 0 fully saturated rings. The molecule has 2 aromatic heterocycles. The van der Waals surface area contributed by atoms with E-state index in [2.05, 4.69) is 4.74 Å². The van der Waals surface area contributed by atoms with Gasteiger partial charge >= 0.3 is 23.9 Å². The van der Waals surface area contributed by atoms with Crippen molar-refractivity contribution in [2.24, 2.45) is 0 Å². The molecule has 3 N–H and O–H groups in total. The van der Waals surface area contributed by atoms with E-state index in [9.17, 15) is 34.5 Å². The highest BCUT2D eigenvalue weighted by Crippen LogP contribution is 2.32. The molecular weight excluding hydrogens is 346 g/mol. The second kappa shape index (κ2) is 5.88. The average Bonchev–Trinajstić information content (AvgIpc) is 2.99. The molecule has 3 aromatic rings. The Kier molecular flexibility index (Phi) is 3.84. The van der Waals surface area contributed by atoms with E-state index >= 15 is 0 Å². The normalized spacial score (nSPS) is 10.8. The minimum atomic E-state index is -1.63. The van der Waals surface area contributed by atoms with Gasteiger partial charge in [-0.15, -0.1) is 0 Å². The number of pyridine rings is 1. The molecule has 9 heteroatoms. The first kappa shape index (κ1) is 17.0. The van der Waals surface area contributed by atoms with Crippen LogP contribution in [0.15, 0.2) is 30.5 Å². The van der Waals surface area contributed by atoms with Crippen LogP contribution in [0.5, 0.6) is 0 Å². The number of carbonyl (C=O) groups is 4. The molecular formula is C17H11NO8. The van der Waals surface area contributed by atoms with Crippen molar-refractivity contribution in [3.63, 3.8) is 0 Å². The number of aromatic carboxylic acids is 3. The minimum Gasteiger partial charge on any atom is -0.478 e. The Morgan fingerprint density at radius 1 is 0.885 bits per heavy atom. The highest BCUT2D eigenvalue weighted by molar-refractivity contribution is 6.20. The zero-order valence-corrected chi connectivity index (χ0v) is 13.2. The number of rotatable bonds is 4. The summed E-state index contributed by atoms with van der Waals surface area (Å²) in [4.78, 5) is 47.3. The number of fused-ring (bicyclic) bond motifs is 3. The molecule has 0 atom stereocenters. The molecule has 0 aliphatic rings. The lowest BCUT2D eigenvalue weighted by Gasteiger charge is -2.11. The van der Waals surface area contributed by atoms with Crippen molar-refractivity contribution in [1.82, 2.24) is 4.40 Å². The van der Waals surface area contributed by atoms with Gasteiger partial charge in [0.05, 0.1) is 34.8 Å². The number of carboxylic acids is 3. The molecule has 0 amide bonds. The fourth-order valence-electron chi connectivity index (χ4n) is 3.00. The number of carbonyl (C=O) groups excluding carboxylic acids is 1. The van der Waals surface area contributed by atoms with Crippen LogP contribution in [0.1, 0.15) is 41.4 Å². The molecule has 3 rings (SSSR count). The lowest BCUT2D eigenvalue weighted by molar-refractivity contribution is 0.0583. The predicted octanol–water partition coefficient (Wildman–Crippen LogP) is 1.97. The second-order valence-electron chi connectivity index (χ2n) is 5.31. The summed E-state index contributed by atoms with van der Waals surface area (Å²) in [5.74, 6) is -5.72. The first-order valence-corrected chi connectivity index (χ1v) is 7.17. The van der Waals surface area contributed by atoms with Crippen molar-refractivity contribution in [2.75, 3.05) is 7.11 Å². The van der Waals surface area contributed by atoms with Crippen molar-refractivity contribution in [3.05, 3.63) is 52.7 Å². The number of ether oxygens (including phenoxy) is 1. The third-order valence-corrected chi connectivity index (χ3v) is 3.97. The van der Waals surface area contributed by atoms with Gasteiger partial charge in [0.2, 0.25) is 0 Å². The molecule has 0 aliphatic heterocycles. The molecule has 2 heterocycles. The molecule has 0 unspecified atom stereocenters. The summed E-state index contributed by atoms with van der Waals surface area (Å²) >= 11 is 0. The molecule has 0 saturated heterocycles. The number of benzene rings is 1. The smallest absolute Gasteiger partial charge is 0.340 e. The van der Waals surface area contributed by atoms with Gasteiger partial charge in [0.25, 0.3) is 0 Å². The Bertz CT molecular complexity index is 1120. The van der Waals surface area contributed by atoms with Gasteiger partial charge in [-0.25, -0.2) is 19.2 Å². The molecule has 9 nitrogen and oxygen atoms in total. The van der Waals surface area contributed by atoms with E-state index in [0.29, 0.717) is 0 Å². The van der Waals surface area contributed by atoms with Gasteiger partial charge in [-0.05, 0) is 6.07 Å². The van der Waals surface area contributed by atoms with Gasteiger partial charge in [0.15, 0.2) is 0 Å². The molecule has 26 heavy (non-hydrogen) atoms.